The minimum absolute atomic E-state index is 0.103. The van der Waals surface area contributed by atoms with E-state index in [4.69, 9.17) is 4.74 Å². The molecular weight excluding hydrogens is 216 g/mol. The Morgan fingerprint density at radius 1 is 1.47 bits per heavy atom. The van der Waals surface area contributed by atoms with E-state index in [-0.39, 0.29) is 6.10 Å². The summed E-state index contributed by atoms with van der Waals surface area (Å²) in [5, 5.41) is 13.4. The lowest BCUT2D eigenvalue weighted by Gasteiger charge is -2.24. The van der Waals surface area contributed by atoms with Crippen LogP contribution in [-0.4, -0.2) is 29.3 Å². The zero-order chi connectivity index (χ0) is 12.9. The molecule has 4 heteroatoms. The van der Waals surface area contributed by atoms with Crippen LogP contribution in [0.5, 0.6) is 5.75 Å². The summed E-state index contributed by atoms with van der Waals surface area (Å²) in [4.78, 5) is 4.10. The van der Waals surface area contributed by atoms with Gasteiger partial charge in [0.25, 0.3) is 0 Å². The summed E-state index contributed by atoms with van der Waals surface area (Å²) in [5.41, 5.74) is -0.170. The average molecular weight is 238 g/mol. The quantitative estimate of drug-likeness (QED) is 0.792. The van der Waals surface area contributed by atoms with Crippen molar-refractivity contribution in [2.75, 3.05) is 13.1 Å². The van der Waals surface area contributed by atoms with E-state index in [0.717, 1.165) is 12.1 Å². The number of ether oxygens (including phenoxy) is 1. The molecule has 0 saturated carbocycles. The molecule has 2 N–H and O–H groups in total. The van der Waals surface area contributed by atoms with Crippen LogP contribution in [-0.2, 0) is 5.60 Å². The number of hydrogen-bond acceptors (Lipinski definition) is 4. The van der Waals surface area contributed by atoms with Gasteiger partial charge in [-0.2, -0.15) is 0 Å². The number of likely N-dealkylation sites (N-methyl/N-ethyl adjacent to an activating group) is 1. The van der Waals surface area contributed by atoms with Gasteiger partial charge in [0.05, 0.1) is 12.3 Å². The van der Waals surface area contributed by atoms with Crippen molar-refractivity contribution >= 4 is 0 Å². The Kier molecular flexibility index (Phi) is 4.90. The third-order valence-electron chi connectivity index (χ3n) is 2.43. The molecule has 4 nitrogen and oxygen atoms in total. The van der Waals surface area contributed by atoms with Crippen molar-refractivity contribution < 1.29 is 9.84 Å². The van der Waals surface area contributed by atoms with E-state index in [1.165, 1.54) is 0 Å². The van der Waals surface area contributed by atoms with Crippen LogP contribution < -0.4 is 10.1 Å². The van der Waals surface area contributed by atoms with Crippen LogP contribution in [0.2, 0.25) is 0 Å². The fraction of sp³-hybridized carbons (Fsp3) is 0.615. The van der Waals surface area contributed by atoms with Gasteiger partial charge in [0.15, 0.2) is 0 Å². The monoisotopic (exact) mass is 238 g/mol. The lowest BCUT2D eigenvalue weighted by atomic mass is 9.97. The summed E-state index contributed by atoms with van der Waals surface area (Å²) in [6.45, 7) is 9.02. The molecular formula is C13H22N2O2. The lowest BCUT2D eigenvalue weighted by molar-refractivity contribution is 0.0568. The van der Waals surface area contributed by atoms with Crippen molar-refractivity contribution in [1.29, 1.82) is 0 Å². The SMILES string of the molecule is CCNCC(C)(O)c1cncc(OC(C)C)c1. The second-order valence-corrected chi connectivity index (χ2v) is 4.63. The van der Waals surface area contributed by atoms with Crippen LogP contribution in [0.4, 0.5) is 0 Å². The summed E-state index contributed by atoms with van der Waals surface area (Å²) < 4.78 is 5.56. The zero-order valence-corrected chi connectivity index (χ0v) is 11.0. The first-order valence-electron chi connectivity index (χ1n) is 6.01. The second kappa shape index (κ2) is 5.98. The number of pyridine rings is 1. The Morgan fingerprint density at radius 2 is 2.18 bits per heavy atom. The maximum Gasteiger partial charge on any atom is 0.138 e. The van der Waals surface area contributed by atoms with E-state index in [1.807, 2.05) is 26.8 Å². The molecule has 0 amide bonds. The van der Waals surface area contributed by atoms with Crippen LogP contribution in [0.3, 0.4) is 0 Å². The Hall–Kier alpha value is -1.13. The Balaban J connectivity index is 2.82. The van der Waals surface area contributed by atoms with Gasteiger partial charge in [-0.15, -0.1) is 0 Å². The van der Waals surface area contributed by atoms with Crippen LogP contribution in [0.1, 0.15) is 33.3 Å². The summed E-state index contributed by atoms with van der Waals surface area (Å²) in [6, 6.07) is 1.84. The smallest absolute Gasteiger partial charge is 0.138 e. The van der Waals surface area contributed by atoms with Gasteiger partial charge >= 0.3 is 0 Å². The largest absolute Gasteiger partial charge is 0.489 e. The summed E-state index contributed by atoms with van der Waals surface area (Å²) in [6.07, 6.45) is 3.43. The molecule has 1 atom stereocenters. The maximum absolute atomic E-state index is 10.3. The molecule has 0 aromatic carbocycles. The third kappa shape index (κ3) is 4.32. The van der Waals surface area contributed by atoms with Crippen molar-refractivity contribution in [1.82, 2.24) is 10.3 Å². The fourth-order valence-electron chi connectivity index (χ4n) is 1.52. The summed E-state index contributed by atoms with van der Waals surface area (Å²) in [5.74, 6) is 0.689. The predicted molar refractivity (Wildman–Crippen MR) is 68.1 cm³/mol. The van der Waals surface area contributed by atoms with Gasteiger partial charge in [-0.05, 0) is 33.4 Å². The van der Waals surface area contributed by atoms with Crippen molar-refractivity contribution in [2.45, 2.75) is 39.4 Å². The fourth-order valence-corrected chi connectivity index (χ4v) is 1.52. The zero-order valence-electron chi connectivity index (χ0n) is 11.0. The second-order valence-electron chi connectivity index (χ2n) is 4.63. The highest BCUT2D eigenvalue weighted by Crippen LogP contribution is 2.23. The molecule has 0 fully saturated rings. The molecule has 0 aliphatic rings. The van der Waals surface area contributed by atoms with Crippen molar-refractivity contribution in [3.8, 4) is 5.75 Å². The van der Waals surface area contributed by atoms with Crippen LogP contribution in [0, 0.1) is 0 Å². The molecule has 0 spiro atoms. The van der Waals surface area contributed by atoms with Gasteiger partial charge in [-0.25, -0.2) is 0 Å². The number of nitrogens with one attached hydrogen (secondary N) is 1. The Labute approximate surface area is 103 Å². The van der Waals surface area contributed by atoms with E-state index in [1.54, 1.807) is 19.3 Å². The minimum Gasteiger partial charge on any atom is -0.489 e. The highest BCUT2D eigenvalue weighted by molar-refractivity contribution is 5.28. The number of rotatable bonds is 6. The van der Waals surface area contributed by atoms with Crippen molar-refractivity contribution in [2.24, 2.45) is 0 Å². The van der Waals surface area contributed by atoms with Crippen LogP contribution in [0.15, 0.2) is 18.5 Å². The third-order valence-corrected chi connectivity index (χ3v) is 2.43. The normalized spacial score (nSPS) is 14.7. The highest BCUT2D eigenvalue weighted by Gasteiger charge is 2.23. The van der Waals surface area contributed by atoms with E-state index in [0.29, 0.717) is 12.3 Å². The van der Waals surface area contributed by atoms with Gasteiger partial charge < -0.3 is 15.2 Å². The predicted octanol–water partition coefficient (Wildman–Crippen LogP) is 1.69. The molecule has 96 valence electrons. The molecule has 0 aliphatic heterocycles. The standard InChI is InChI=1S/C13H22N2O2/c1-5-14-9-13(4,16)11-6-12(8-15-7-11)17-10(2)3/h6-8,10,14,16H,5,9H2,1-4H3. The molecule has 1 unspecified atom stereocenters. The first kappa shape index (κ1) is 13.9. The molecule has 1 aromatic heterocycles. The minimum atomic E-state index is -0.931. The Morgan fingerprint density at radius 3 is 2.76 bits per heavy atom. The maximum atomic E-state index is 10.3. The summed E-state index contributed by atoms with van der Waals surface area (Å²) in [7, 11) is 0. The summed E-state index contributed by atoms with van der Waals surface area (Å²) >= 11 is 0. The van der Waals surface area contributed by atoms with Gasteiger partial charge in [0.1, 0.15) is 11.4 Å². The number of hydrogen-bond donors (Lipinski definition) is 2. The lowest BCUT2D eigenvalue weighted by Crippen LogP contribution is -2.35. The molecule has 1 rings (SSSR count). The van der Waals surface area contributed by atoms with Gasteiger partial charge in [-0.3, -0.25) is 4.98 Å². The Bertz CT molecular complexity index is 351. The first-order valence-corrected chi connectivity index (χ1v) is 6.01. The van der Waals surface area contributed by atoms with Crippen LogP contribution in [0.25, 0.3) is 0 Å². The van der Waals surface area contributed by atoms with Crippen LogP contribution >= 0.6 is 0 Å². The first-order chi connectivity index (χ1) is 7.95. The topological polar surface area (TPSA) is 54.4 Å². The highest BCUT2D eigenvalue weighted by atomic mass is 16.5. The molecule has 0 radical (unpaired) electrons. The van der Waals surface area contributed by atoms with E-state index in [9.17, 15) is 5.11 Å². The number of aliphatic hydroxyl groups is 1. The molecule has 17 heavy (non-hydrogen) atoms. The van der Waals surface area contributed by atoms with E-state index >= 15 is 0 Å². The van der Waals surface area contributed by atoms with Gasteiger partial charge in [0.2, 0.25) is 0 Å². The number of nitrogens with zero attached hydrogens (tertiary/aromatic N) is 1. The molecule has 0 aliphatic carbocycles. The molecule has 1 heterocycles. The molecule has 1 aromatic rings. The van der Waals surface area contributed by atoms with Crippen molar-refractivity contribution in [3.05, 3.63) is 24.0 Å². The van der Waals surface area contributed by atoms with E-state index in [2.05, 4.69) is 10.3 Å². The average Bonchev–Trinajstić information content (AvgIpc) is 2.26. The van der Waals surface area contributed by atoms with Crippen molar-refractivity contribution in [3.63, 3.8) is 0 Å². The van der Waals surface area contributed by atoms with Gasteiger partial charge in [-0.1, -0.05) is 6.92 Å². The van der Waals surface area contributed by atoms with Gasteiger partial charge in [0, 0.05) is 18.3 Å². The van der Waals surface area contributed by atoms with E-state index < -0.39 is 5.60 Å². The molecule has 0 bridgehead atoms. The molecule has 0 saturated heterocycles. The number of aromatic nitrogens is 1.